The van der Waals surface area contributed by atoms with Crippen LogP contribution in [0.3, 0.4) is 0 Å². The highest BCUT2D eigenvalue weighted by atomic mass is 35.5. The van der Waals surface area contributed by atoms with Crippen LogP contribution in [0.5, 0.6) is 0 Å². The van der Waals surface area contributed by atoms with E-state index in [1.54, 1.807) is 0 Å². The first-order valence-corrected chi connectivity index (χ1v) is 8.64. The quantitative estimate of drug-likeness (QED) is 0.901. The molecule has 0 saturated carbocycles. The van der Waals surface area contributed by atoms with Gasteiger partial charge in [-0.1, -0.05) is 23.7 Å². The van der Waals surface area contributed by atoms with Crippen molar-refractivity contribution < 1.29 is 9.53 Å². The third kappa shape index (κ3) is 4.91. The SMILES string of the molecule is O=C(C[C@@H]1COCCN1)N1CCN(Cc2cccc(Cl)c2)CC1. The molecule has 23 heavy (non-hydrogen) atoms. The number of piperazine rings is 1. The van der Waals surface area contributed by atoms with Crippen molar-refractivity contribution in [3.63, 3.8) is 0 Å². The number of halogens is 1. The molecule has 0 unspecified atom stereocenters. The van der Waals surface area contributed by atoms with E-state index in [0.29, 0.717) is 13.0 Å². The Labute approximate surface area is 142 Å². The first-order valence-electron chi connectivity index (χ1n) is 8.26. The van der Waals surface area contributed by atoms with Crippen LogP contribution in [0.4, 0.5) is 0 Å². The van der Waals surface area contributed by atoms with Gasteiger partial charge in [-0.05, 0) is 17.7 Å². The van der Waals surface area contributed by atoms with E-state index in [4.69, 9.17) is 16.3 Å². The number of hydrogen-bond donors (Lipinski definition) is 1. The Bertz CT molecular complexity index is 526. The normalized spacial score (nSPS) is 23.0. The van der Waals surface area contributed by atoms with Gasteiger partial charge in [0.1, 0.15) is 0 Å². The minimum Gasteiger partial charge on any atom is -0.378 e. The van der Waals surface area contributed by atoms with Crippen LogP contribution >= 0.6 is 11.6 Å². The summed E-state index contributed by atoms with van der Waals surface area (Å²) in [6.45, 7) is 6.53. The predicted octanol–water partition coefficient (Wildman–Crippen LogP) is 1.36. The van der Waals surface area contributed by atoms with E-state index in [-0.39, 0.29) is 11.9 Å². The maximum Gasteiger partial charge on any atom is 0.224 e. The second kappa shape index (κ2) is 8.11. The van der Waals surface area contributed by atoms with E-state index in [2.05, 4.69) is 16.3 Å². The highest BCUT2D eigenvalue weighted by Crippen LogP contribution is 2.14. The molecule has 0 aliphatic carbocycles. The molecule has 1 aromatic carbocycles. The predicted molar refractivity (Wildman–Crippen MR) is 90.5 cm³/mol. The first kappa shape index (κ1) is 16.7. The van der Waals surface area contributed by atoms with Crippen LogP contribution in [-0.4, -0.2) is 67.7 Å². The summed E-state index contributed by atoms with van der Waals surface area (Å²) in [7, 11) is 0. The first-order chi connectivity index (χ1) is 11.2. The fourth-order valence-electron chi connectivity index (χ4n) is 3.14. The number of morpholine rings is 1. The Morgan fingerprint density at radius 3 is 2.83 bits per heavy atom. The standard InChI is InChI=1S/C17H24ClN3O2/c18-15-3-1-2-14(10-15)12-20-5-7-21(8-6-20)17(22)11-16-13-23-9-4-19-16/h1-3,10,16,19H,4-9,11-13H2/t16-/m1/s1. The highest BCUT2D eigenvalue weighted by Gasteiger charge is 2.24. The number of ether oxygens (including phenoxy) is 1. The molecular formula is C17H24ClN3O2. The van der Waals surface area contributed by atoms with Crippen molar-refractivity contribution >= 4 is 17.5 Å². The molecule has 5 nitrogen and oxygen atoms in total. The van der Waals surface area contributed by atoms with Gasteiger partial charge in [0.25, 0.3) is 0 Å². The molecule has 0 aromatic heterocycles. The van der Waals surface area contributed by atoms with Crippen molar-refractivity contribution in [3.8, 4) is 0 Å². The summed E-state index contributed by atoms with van der Waals surface area (Å²) in [4.78, 5) is 16.7. The van der Waals surface area contributed by atoms with Crippen molar-refractivity contribution in [2.24, 2.45) is 0 Å². The lowest BCUT2D eigenvalue weighted by Crippen LogP contribution is -2.51. The number of benzene rings is 1. The zero-order valence-electron chi connectivity index (χ0n) is 13.3. The van der Waals surface area contributed by atoms with Crippen LogP contribution in [0.25, 0.3) is 0 Å². The molecule has 1 aromatic rings. The van der Waals surface area contributed by atoms with Gasteiger partial charge in [-0.15, -0.1) is 0 Å². The van der Waals surface area contributed by atoms with Crippen molar-refractivity contribution in [2.75, 3.05) is 45.9 Å². The summed E-state index contributed by atoms with van der Waals surface area (Å²) in [5.74, 6) is 0.232. The summed E-state index contributed by atoms with van der Waals surface area (Å²) in [6.07, 6.45) is 0.536. The molecule has 2 aliphatic heterocycles. The van der Waals surface area contributed by atoms with Gasteiger partial charge in [0, 0.05) is 56.8 Å². The van der Waals surface area contributed by atoms with E-state index in [9.17, 15) is 4.79 Å². The molecule has 0 spiro atoms. The van der Waals surface area contributed by atoms with Crippen LogP contribution in [0.1, 0.15) is 12.0 Å². The van der Waals surface area contributed by atoms with Crippen LogP contribution in [0.2, 0.25) is 5.02 Å². The maximum absolute atomic E-state index is 12.4. The summed E-state index contributed by atoms with van der Waals surface area (Å²) in [5, 5.41) is 4.12. The molecule has 0 radical (unpaired) electrons. The Kier molecular flexibility index (Phi) is 5.89. The van der Waals surface area contributed by atoms with Gasteiger partial charge in [-0.25, -0.2) is 0 Å². The zero-order chi connectivity index (χ0) is 16.1. The molecule has 2 aliphatic rings. The average molecular weight is 338 g/mol. The Morgan fingerprint density at radius 1 is 1.30 bits per heavy atom. The monoisotopic (exact) mass is 337 g/mol. The molecule has 1 atom stereocenters. The van der Waals surface area contributed by atoms with Crippen molar-refractivity contribution in [1.29, 1.82) is 0 Å². The van der Waals surface area contributed by atoms with Gasteiger partial charge in [-0.2, -0.15) is 0 Å². The van der Waals surface area contributed by atoms with Crippen LogP contribution in [-0.2, 0) is 16.1 Å². The van der Waals surface area contributed by atoms with Crippen molar-refractivity contribution in [2.45, 2.75) is 19.0 Å². The second-order valence-electron chi connectivity index (χ2n) is 6.22. The molecule has 2 saturated heterocycles. The molecule has 3 rings (SSSR count). The fourth-order valence-corrected chi connectivity index (χ4v) is 3.35. The van der Waals surface area contributed by atoms with Gasteiger partial charge in [0.05, 0.1) is 13.2 Å². The van der Waals surface area contributed by atoms with E-state index in [0.717, 1.165) is 50.9 Å². The molecule has 2 fully saturated rings. The van der Waals surface area contributed by atoms with Crippen LogP contribution < -0.4 is 5.32 Å². The summed E-state index contributed by atoms with van der Waals surface area (Å²) >= 11 is 6.03. The lowest BCUT2D eigenvalue weighted by atomic mass is 10.1. The van der Waals surface area contributed by atoms with Crippen LogP contribution in [0.15, 0.2) is 24.3 Å². The third-order valence-corrected chi connectivity index (χ3v) is 4.67. The molecular weight excluding hydrogens is 314 g/mol. The Hall–Kier alpha value is -1.14. The van der Waals surface area contributed by atoms with Crippen molar-refractivity contribution in [3.05, 3.63) is 34.9 Å². The lowest BCUT2D eigenvalue weighted by Gasteiger charge is -2.35. The minimum atomic E-state index is 0.167. The van der Waals surface area contributed by atoms with Gasteiger partial charge < -0.3 is 15.0 Å². The van der Waals surface area contributed by atoms with Gasteiger partial charge in [0.2, 0.25) is 5.91 Å². The fraction of sp³-hybridized carbons (Fsp3) is 0.588. The molecule has 2 heterocycles. The number of nitrogens with zero attached hydrogens (tertiary/aromatic N) is 2. The lowest BCUT2D eigenvalue weighted by molar-refractivity contribution is -0.134. The largest absolute Gasteiger partial charge is 0.378 e. The smallest absolute Gasteiger partial charge is 0.224 e. The maximum atomic E-state index is 12.4. The van der Waals surface area contributed by atoms with E-state index < -0.39 is 0 Å². The second-order valence-corrected chi connectivity index (χ2v) is 6.65. The summed E-state index contributed by atoms with van der Waals surface area (Å²) in [6, 6.07) is 8.15. The molecule has 1 N–H and O–H groups in total. The van der Waals surface area contributed by atoms with Gasteiger partial charge >= 0.3 is 0 Å². The van der Waals surface area contributed by atoms with Crippen LogP contribution in [0, 0.1) is 0 Å². The Morgan fingerprint density at radius 2 is 2.13 bits per heavy atom. The number of carbonyl (C=O) groups excluding carboxylic acids is 1. The number of rotatable bonds is 4. The topological polar surface area (TPSA) is 44.8 Å². The van der Waals surface area contributed by atoms with Crippen molar-refractivity contribution in [1.82, 2.24) is 15.1 Å². The molecule has 6 heteroatoms. The number of hydrogen-bond acceptors (Lipinski definition) is 4. The van der Waals surface area contributed by atoms with Gasteiger partial charge in [0.15, 0.2) is 0 Å². The number of nitrogens with one attached hydrogen (secondary N) is 1. The highest BCUT2D eigenvalue weighted by molar-refractivity contribution is 6.30. The molecule has 0 bridgehead atoms. The van der Waals surface area contributed by atoms with E-state index in [1.165, 1.54) is 5.56 Å². The Balaban J connectivity index is 1.43. The minimum absolute atomic E-state index is 0.167. The zero-order valence-corrected chi connectivity index (χ0v) is 14.1. The van der Waals surface area contributed by atoms with E-state index >= 15 is 0 Å². The summed E-state index contributed by atoms with van der Waals surface area (Å²) in [5.41, 5.74) is 1.22. The van der Waals surface area contributed by atoms with Gasteiger partial charge in [-0.3, -0.25) is 9.69 Å². The molecule has 1 amide bonds. The average Bonchev–Trinajstić information content (AvgIpc) is 2.56. The summed E-state index contributed by atoms with van der Waals surface area (Å²) < 4.78 is 5.41. The number of carbonyl (C=O) groups is 1. The number of amides is 1. The third-order valence-electron chi connectivity index (χ3n) is 4.44. The molecule has 126 valence electrons. The van der Waals surface area contributed by atoms with E-state index in [1.807, 2.05) is 23.1 Å².